The lowest BCUT2D eigenvalue weighted by Crippen LogP contribution is -2.45. The normalized spacial score (nSPS) is 12.2. The van der Waals surface area contributed by atoms with Crippen molar-refractivity contribution in [3.8, 4) is 0 Å². The van der Waals surface area contributed by atoms with Crippen LogP contribution in [0.3, 0.4) is 0 Å². The zero-order valence-corrected chi connectivity index (χ0v) is 9.17. The van der Waals surface area contributed by atoms with E-state index in [1.165, 1.54) is 4.88 Å². The van der Waals surface area contributed by atoms with E-state index in [4.69, 9.17) is 5.84 Å². The molecule has 0 spiro atoms. The van der Waals surface area contributed by atoms with Gasteiger partial charge in [-0.3, -0.25) is 5.43 Å². The molecule has 0 aromatic carbocycles. The Morgan fingerprint density at radius 2 is 2.50 bits per heavy atom. The van der Waals surface area contributed by atoms with E-state index in [-0.39, 0.29) is 12.1 Å². The third kappa shape index (κ3) is 2.71. The summed E-state index contributed by atoms with van der Waals surface area (Å²) in [5.41, 5.74) is 2.12. The molecule has 5 heteroatoms. The molecule has 1 unspecified atom stereocenters. The van der Waals surface area contributed by atoms with Crippen LogP contribution in [0, 0.1) is 0 Å². The largest absolute Gasteiger partial charge is 0.331 e. The van der Waals surface area contributed by atoms with Gasteiger partial charge in [-0.25, -0.2) is 10.6 Å². The van der Waals surface area contributed by atoms with Crippen molar-refractivity contribution >= 4 is 17.4 Å². The lowest BCUT2D eigenvalue weighted by atomic mass is 10.2. The van der Waals surface area contributed by atoms with Crippen molar-refractivity contribution in [2.45, 2.75) is 19.4 Å². The highest BCUT2D eigenvalue weighted by Crippen LogP contribution is 2.13. The highest BCUT2D eigenvalue weighted by Gasteiger charge is 2.14. The van der Waals surface area contributed by atoms with Crippen LogP contribution in [-0.2, 0) is 6.42 Å². The zero-order chi connectivity index (χ0) is 10.6. The smallest absolute Gasteiger partial charge is 0.324 e. The van der Waals surface area contributed by atoms with Gasteiger partial charge in [-0.2, -0.15) is 0 Å². The second-order valence-corrected chi connectivity index (χ2v) is 4.23. The summed E-state index contributed by atoms with van der Waals surface area (Å²) in [6, 6.07) is 3.97. The topological polar surface area (TPSA) is 58.4 Å². The standard InChI is InChI=1S/C9H15N3OS/c1-7(12(2)9(13)11-10)6-8-4-3-5-14-8/h3-5,7H,6,10H2,1-2H3,(H,11,13). The number of urea groups is 1. The van der Waals surface area contributed by atoms with Crippen LogP contribution in [0.1, 0.15) is 11.8 Å². The number of nitrogens with zero attached hydrogens (tertiary/aromatic N) is 1. The fourth-order valence-electron chi connectivity index (χ4n) is 1.16. The zero-order valence-electron chi connectivity index (χ0n) is 8.36. The molecule has 78 valence electrons. The molecule has 2 amide bonds. The van der Waals surface area contributed by atoms with Crippen LogP contribution in [-0.4, -0.2) is 24.0 Å². The SMILES string of the molecule is CC(Cc1cccs1)N(C)C(=O)NN. The number of hydrogen-bond donors (Lipinski definition) is 2. The summed E-state index contributed by atoms with van der Waals surface area (Å²) < 4.78 is 0. The van der Waals surface area contributed by atoms with Gasteiger partial charge in [-0.1, -0.05) is 6.07 Å². The Bertz CT molecular complexity index is 286. The third-order valence-electron chi connectivity index (χ3n) is 2.18. The van der Waals surface area contributed by atoms with E-state index in [2.05, 4.69) is 11.5 Å². The Morgan fingerprint density at radius 1 is 1.79 bits per heavy atom. The molecule has 0 saturated carbocycles. The van der Waals surface area contributed by atoms with E-state index in [0.29, 0.717) is 0 Å². The Labute approximate surface area is 87.7 Å². The molecule has 0 radical (unpaired) electrons. The summed E-state index contributed by atoms with van der Waals surface area (Å²) in [5.74, 6) is 5.05. The summed E-state index contributed by atoms with van der Waals surface area (Å²) in [6.45, 7) is 2.00. The van der Waals surface area contributed by atoms with E-state index in [9.17, 15) is 4.79 Å². The number of hydrogen-bond acceptors (Lipinski definition) is 3. The van der Waals surface area contributed by atoms with Crippen molar-refractivity contribution in [2.75, 3.05) is 7.05 Å². The van der Waals surface area contributed by atoms with Crippen molar-refractivity contribution in [2.24, 2.45) is 5.84 Å². The number of carbonyl (C=O) groups is 1. The van der Waals surface area contributed by atoms with E-state index in [0.717, 1.165) is 6.42 Å². The van der Waals surface area contributed by atoms with Gasteiger partial charge in [0.05, 0.1) is 0 Å². The van der Waals surface area contributed by atoms with Crippen LogP contribution in [0.4, 0.5) is 4.79 Å². The molecule has 14 heavy (non-hydrogen) atoms. The predicted molar refractivity (Wildman–Crippen MR) is 58.0 cm³/mol. The number of likely N-dealkylation sites (N-methyl/N-ethyl adjacent to an activating group) is 1. The van der Waals surface area contributed by atoms with Crippen molar-refractivity contribution in [1.82, 2.24) is 10.3 Å². The Kier molecular flexibility index (Phi) is 3.91. The number of amides is 2. The number of nitrogens with two attached hydrogens (primary N) is 1. The lowest BCUT2D eigenvalue weighted by Gasteiger charge is -2.23. The first kappa shape index (κ1) is 11.0. The molecule has 0 aliphatic rings. The molecule has 1 aromatic rings. The number of carbonyl (C=O) groups excluding carboxylic acids is 1. The van der Waals surface area contributed by atoms with Crippen molar-refractivity contribution in [3.05, 3.63) is 22.4 Å². The quantitative estimate of drug-likeness (QED) is 0.450. The van der Waals surface area contributed by atoms with Gasteiger partial charge in [0.1, 0.15) is 0 Å². The van der Waals surface area contributed by atoms with Crippen molar-refractivity contribution in [1.29, 1.82) is 0 Å². The highest BCUT2D eigenvalue weighted by molar-refractivity contribution is 7.09. The second-order valence-electron chi connectivity index (χ2n) is 3.19. The van der Waals surface area contributed by atoms with Gasteiger partial charge in [-0.05, 0) is 18.4 Å². The second kappa shape index (κ2) is 4.97. The van der Waals surface area contributed by atoms with Crippen molar-refractivity contribution < 1.29 is 4.79 Å². The minimum atomic E-state index is -0.256. The monoisotopic (exact) mass is 213 g/mol. The highest BCUT2D eigenvalue weighted by atomic mass is 32.1. The molecule has 3 N–H and O–H groups in total. The fraction of sp³-hybridized carbons (Fsp3) is 0.444. The number of nitrogens with one attached hydrogen (secondary N) is 1. The summed E-state index contributed by atoms with van der Waals surface area (Å²) in [4.78, 5) is 14.0. The maximum Gasteiger partial charge on any atom is 0.331 e. The van der Waals surface area contributed by atoms with Crippen LogP contribution < -0.4 is 11.3 Å². The predicted octanol–water partition coefficient (Wildman–Crippen LogP) is 1.19. The molecule has 0 aliphatic carbocycles. The average molecular weight is 213 g/mol. The van der Waals surface area contributed by atoms with Crippen LogP contribution in [0.15, 0.2) is 17.5 Å². The molecule has 1 rings (SSSR count). The van der Waals surface area contributed by atoms with Gasteiger partial charge in [0.15, 0.2) is 0 Å². The molecule has 1 aromatic heterocycles. The van der Waals surface area contributed by atoms with Crippen LogP contribution >= 0.6 is 11.3 Å². The van der Waals surface area contributed by atoms with Gasteiger partial charge in [0.25, 0.3) is 0 Å². The number of hydrazine groups is 1. The lowest BCUT2D eigenvalue weighted by molar-refractivity contribution is 0.194. The van der Waals surface area contributed by atoms with Crippen LogP contribution in [0.2, 0.25) is 0 Å². The minimum absolute atomic E-state index is 0.150. The molecule has 0 saturated heterocycles. The van der Waals surface area contributed by atoms with Gasteiger partial charge >= 0.3 is 6.03 Å². The van der Waals surface area contributed by atoms with Gasteiger partial charge < -0.3 is 4.90 Å². The van der Waals surface area contributed by atoms with E-state index in [1.54, 1.807) is 23.3 Å². The molecule has 1 heterocycles. The molecule has 0 bridgehead atoms. The molecule has 1 atom stereocenters. The summed E-state index contributed by atoms with van der Waals surface area (Å²) in [6.07, 6.45) is 0.863. The Morgan fingerprint density at radius 3 is 3.00 bits per heavy atom. The molecule has 0 fully saturated rings. The number of thiophene rings is 1. The van der Waals surface area contributed by atoms with Crippen LogP contribution in [0.5, 0.6) is 0 Å². The molecule has 4 nitrogen and oxygen atoms in total. The Balaban J connectivity index is 2.49. The molecular weight excluding hydrogens is 198 g/mol. The van der Waals surface area contributed by atoms with E-state index in [1.807, 2.05) is 18.4 Å². The average Bonchev–Trinajstić information content (AvgIpc) is 2.68. The van der Waals surface area contributed by atoms with E-state index >= 15 is 0 Å². The first-order chi connectivity index (χ1) is 6.65. The molecular formula is C9H15N3OS. The van der Waals surface area contributed by atoms with Gasteiger partial charge in [-0.15, -0.1) is 11.3 Å². The van der Waals surface area contributed by atoms with Crippen LogP contribution in [0.25, 0.3) is 0 Å². The van der Waals surface area contributed by atoms with Gasteiger partial charge in [0.2, 0.25) is 0 Å². The molecule has 0 aliphatic heterocycles. The number of rotatable bonds is 3. The first-order valence-electron chi connectivity index (χ1n) is 4.41. The van der Waals surface area contributed by atoms with Crippen molar-refractivity contribution in [3.63, 3.8) is 0 Å². The van der Waals surface area contributed by atoms with E-state index < -0.39 is 0 Å². The maximum atomic E-state index is 11.2. The minimum Gasteiger partial charge on any atom is -0.324 e. The first-order valence-corrected chi connectivity index (χ1v) is 5.29. The maximum absolute atomic E-state index is 11.2. The van der Waals surface area contributed by atoms with Gasteiger partial charge in [0, 0.05) is 24.4 Å². The summed E-state index contributed by atoms with van der Waals surface area (Å²) in [5, 5.41) is 2.03. The summed E-state index contributed by atoms with van der Waals surface area (Å²) >= 11 is 1.70. The Hall–Kier alpha value is -1.07. The fourth-order valence-corrected chi connectivity index (χ4v) is 1.99. The summed E-state index contributed by atoms with van der Waals surface area (Å²) in [7, 11) is 1.74. The third-order valence-corrected chi connectivity index (χ3v) is 3.08.